The van der Waals surface area contributed by atoms with Gasteiger partial charge in [0.1, 0.15) is 5.75 Å². The second-order valence-corrected chi connectivity index (χ2v) is 5.61. The predicted molar refractivity (Wildman–Crippen MR) is 69.7 cm³/mol. The monoisotopic (exact) mass is 220 g/mol. The summed E-state index contributed by atoms with van der Waals surface area (Å²) < 4.78 is 0. The number of phenolic OH excluding ortho intramolecular Hbond substituents is 1. The molecule has 1 aromatic carbocycles. The van der Waals surface area contributed by atoms with E-state index in [1.54, 1.807) is 12.1 Å². The summed E-state index contributed by atoms with van der Waals surface area (Å²) in [5.41, 5.74) is 1.70. The van der Waals surface area contributed by atoms with Crippen molar-refractivity contribution in [1.82, 2.24) is 0 Å². The Morgan fingerprint density at radius 3 is 2.19 bits per heavy atom. The highest BCUT2D eigenvalue weighted by Gasteiger charge is 2.23. The van der Waals surface area contributed by atoms with Crippen LogP contribution in [0.2, 0.25) is 0 Å². The molecule has 0 heterocycles. The number of benzene rings is 1. The van der Waals surface area contributed by atoms with E-state index < -0.39 is 0 Å². The van der Waals surface area contributed by atoms with E-state index in [1.165, 1.54) is 18.4 Å². The molecule has 0 aliphatic rings. The molecule has 1 atom stereocenters. The third-order valence-corrected chi connectivity index (χ3v) is 3.32. The van der Waals surface area contributed by atoms with Crippen LogP contribution in [0, 0.1) is 11.3 Å². The van der Waals surface area contributed by atoms with Crippen LogP contribution in [-0.4, -0.2) is 5.11 Å². The first-order chi connectivity index (χ1) is 7.45. The van der Waals surface area contributed by atoms with E-state index in [4.69, 9.17) is 0 Å². The standard InChI is InChI=1S/C15H24O/c1-5-15(4,10-12(2)3)11-13-6-8-14(16)9-7-13/h6-9,12,16H,5,10-11H2,1-4H3. The molecule has 1 N–H and O–H groups in total. The van der Waals surface area contributed by atoms with E-state index in [-0.39, 0.29) is 0 Å². The molecule has 0 amide bonds. The highest BCUT2D eigenvalue weighted by Crippen LogP contribution is 2.33. The zero-order valence-corrected chi connectivity index (χ0v) is 11.0. The van der Waals surface area contributed by atoms with Crippen LogP contribution in [-0.2, 0) is 6.42 Å². The smallest absolute Gasteiger partial charge is 0.115 e. The largest absolute Gasteiger partial charge is 0.508 e. The lowest BCUT2D eigenvalue weighted by molar-refractivity contribution is 0.244. The maximum Gasteiger partial charge on any atom is 0.115 e. The van der Waals surface area contributed by atoms with E-state index in [0.29, 0.717) is 11.2 Å². The van der Waals surface area contributed by atoms with E-state index in [2.05, 4.69) is 27.7 Å². The number of aromatic hydroxyl groups is 1. The average Bonchev–Trinajstić information content (AvgIpc) is 2.20. The summed E-state index contributed by atoms with van der Waals surface area (Å²) >= 11 is 0. The first-order valence-electron chi connectivity index (χ1n) is 6.23. The number of hydrogen-bond donors (Lipinski definition) is 1. The molecule has 0 saturated carbocycles. The van der Waals surface area contributed by atoms with Crippen LogP contribution in [0.1, 0.15) is 46.1 Å². The van der Waals surface area contributed by atoms with E-state index in [0.717, 1.165) is 12.3 Å². The van der Waals surface area contributed by atoms with Crippen molar-refractivity contribution in [3.8, 4) is 5.75 Å². The molecule has 0 radical (unpaired) electrons. The molecule has 0 aliphatic carbocycles. The van der Waals surface area contributed by atoms with Gasteiger partial charge in [0, 0.05) is 0 Å². The molecule has 1 unspecified atom stereocenters. The summed E-state index contributed by atoms with van der Waals surface area (Å²) in [6.45, 7) is 9.19. The summed E-state index contributed by atoms with van der Waals surface area (Å²) in [7, 11) is 0. The molecule has 16 heavy (non-hydrogen) atoms. The lowest BCUT2D eigenvalue weighted by Crippen LogP contribution is -2.21. The van der Waals surface area contributed by atoms with Crippen molar-refractivity contribution in [2.45, 2.75) is 47.0 Å². The van der Waals surface area contributed by atoms with Crippen LogP contribution in [0.5, 0.6) is 5.75 Å². The fourth-order valence-electron chi connectivity index (χ4n) is 2.43. The lowest BCUT2D eigenvalue weighted by Gasteiger charge is -2.30. The zero-order valence-electron chi connectivity index (χ0n) is 11.0. The molecule has 1 rings (SSSR count). The Hall–Kier alpha value is -0.980. The SMILES string of the molecule is CCC(C)(Cc1ccc(O)cc1)CC(C)C. The minimum absolute atomic E-state index is 0.353. The van der Waals surface area contributed by atoms with E-state index in [9.17, 15) is 5.11 Å². The van der Waals surface area contributed by atoms with Crippen molar-refractivity contribution in [3.63, 3.8) is 0 Å². The molecule has 0 fully saturated rings. The van der Waals surface area contributed by atoms with Crippen molar-refractivity contribution >= 4 is 0 Å². The van der Waals surface area contributed by atoms with Gasteiger partial charge in [0.05, 0.1) is 0 Å². The molecule has 0 aromatic heterocycles. The Labute approximate surface area is 99.5 Å². The van der Waals surface area contributed by atoms with Gasteiger partial charge in [-0.05, 0) is 41.9 Å². The number of hydrogen-bond acceptors (Lipinski definition) is 1. The Balaban J connectivity index is 2.72. The van der Waals surface area contributed by atoms with Crippen molar-refractivity contribution < 1.29 is 5.11 Å². The number of rotatable bonds is 5. The van der Waals surface area contributed by atoms with Crippen LogP contribution in [0.4, 0.5) is 0 Å². The van der Waals surface area contributed by atoms with Crippen LogP contribution < -0.4 is 0 Å². The topological polar surface area (TPSA) is 20.2 Å². The number of phenols is 1. The Bertz CT molecular complexity index is 313. The fourth-order valence-corrected chi connectivity index (χ4v) is 2.43. The predicted octanol–water partition coefficient (Wildman–Crippen LogP) is 4.40. The summed E-state index contributed by atoms with van der Waals surface area (Å²) in [4.78, 5) is 0. The maximum absolute atomic E-state index is 9.26. The Kier molecular flexibility index (Phi) is 4.40. The van der Waals surface area contributed by atoms with Gasteiger partial charge in [-0.2, -0.15) is 0 Å². The van der Waals surface area contributed by atoms with Gasteiger partial charge in [-0.1, -0.05) is 46.2 Å². The van der Waals surface area contributed by atoms with Gasteiger partial charge in [0.25, 0.3) is 0 Å². The first kappa shape index (κ1) is 13.1. The fraction of sp³-hybridized carbons (Fsp3) is 0.600. The molecule has 1 heteroatoms. The van der Waals surface area contributed by atoms with Gasteiger partial charge in [0.2, 0.25) is 0 Å². The Morgan fingerprint density at radius 1 is 1.19 bits per heavy atom. The minimum Gasteiger partial charge on any atom is -0.508 e. The second kappa shape index (κ2) is 5.38. The van der Waals surface area contributed by atoms with Crippen molar-refractivity contribution in [2.75, 3.05) is 0 Å². The van der Waals surface area contributed by atoms with Gasteiger partial charge in [-0.3, -0.25) is 0 Å². The maximum atomic E-state index is 9.26. The second-order valence-electron chi connectivity index (χ2n) is 5.61. The minimum atomic E-state index is 0.353. The average molecular weight is 220 g/mol. The molecule has 0 aliphatic heterocycles. The third kappa shape index (κ3) is 3.88. The molecular formula is C15H24O. The van der Waals surface area contributed by atoms with Gasteiger partial charge in [0.15, 0.2) is 0 Å². The lowest BCUT2D eigenvalue weighted by atomic mass is 9.75. The van der Waals surface area contributed by atoms with Crippen LogP contribution in [0.3, 0.4) is 0 Å². The summed E-state index contributed by atoms with van der Waals surface area (Å²) in [6, 6.07) is 7.62. The van der Waals surface area contributed by atoms with E-state index >= 15 is 0 Å². The highest BCUT2D eigenvalue weighted by atomic mass is 16.3. The Morgan fingerprint density at radius 2 is 1.75 bits per heavy atom. The highest BCUT2D eigenvalue weighted by molar-refractivity contribution is 5.26. The molecule has 1 nitrogen and oxygen atoms in total. The van der Waals surface area contributed by atoms with Gasteiger partial charge in [-0.25, -0.2) is 0 Å². The van der Waals surface area contributed by atoms with Crippen molar-refractivity contribution in [1.29, 1.82) is 0 Å². The van der Waals surface area contributed by atoms with Crippen LogP contribution in [0.25, 0.3) is 0 Å². The zero-order chi connectivity index (χ0) is 12.2. The van der Waals surface area contributed by atoms with E-state index in [1.807, 2.05) is 12.1 Å². The molecular weight excluding hydrogens is 196 g/mol. The van der Waals surface area contributed by atoms with Gasteiger partial charge in [-0.15, -0.1) is 0 Å². The van der Waals surface area contributed by atoms with Crippen LogP contribution >= 0.6 is 0 Å². The third-order valence-electron chi connectivity index (χ3n) is 3.32. The molecule has 0 saturated heterocycles. The molecule has 1 aromatic rings. The van der Waals surface area contributed by atoms with Gasteiger partial charge < -0.3 is 5.11 Å². The normalized spacial score (nSPS) is 15.1. The van der Waals surface area contributed by atoms with Gasteiger partial charge >= 0.3 is 0 Å². The quantitative estimate of drug-likeness (QED) is 0.780. The molecule has 0 spiro atoms. The first-order valence-corrected chi connectivity index (χ1v) is 6.23. The van der Waals surface area contributed by atoms with Crippen LogP contribution in [0.15, 0.2) is 24.3 Å². The summed E-state index contributed by atoms with van der Waals surface area (Å²) in [6.07, 6.45) is 3.55. The summed E-state index contributed by atoms with van der Waals surface area (Å²) in [5, 5.41) is 9.26. The molecule has 0 bridgehead atoms. The van der Waals surface area contributed by atoms with Crippen molar-refractivity contribution in [2.24, 2.45) is 11.3 Å². The molecule has 90 valence electrons. The summed E-state index contributed by atoms with van der Waals surface area (Å²) in [5.74, 6) is 1.09. The van der Waals surface area contributed by atoms with Crippen molar-refractivity contribution in [3.05, 3.63) is 29.8 Å².